The highest BCUT2D eigenvalue weighted by Gasteiger charge is 2.24. The molecule has 2 unspecified atom stereocenters. The summed E-state index contributed by atoms with van der Waals surface area (Å²) in [5.41, 5.74) is 7.23. The van der Waals surface area contributed by atoms with E-state index in [9.17, 15) is 0 Å². The van der Waals surface area contributed by atoms with Crippen molar-refractivity contribution < 1.29 is 4.74 Å². The van der Waals surface area contributed by atoms with Gasteiger partial charge >= 0.3 is 0 Å². The van der Waals surface area contributed by atoms with Gasteiger partial charge in [-0.3, -0.25) is 4.68 Å². The van der Waals surface area contributed by atoms with Crippen LogP contribution in [0.25, 0.3) is 0 Å². The molecule has 0 aliphatic carbocycles. The van der Waals surface area contributed by atoms with Crippen LogP contribution in [0.4, 0.5) is 0 Å². The van der Waals surface area contributed by atoms with E-state index >= 15 is 0 Å². The second kappa shape index (κ2) is 5.28. The summed E-state index contributed by atoms with van der Waals surface area (Å²) in [4.78, 5) is 0. The standard InChI is InChI=1S/C11H21N3O/c1-5-14-9(6-7-13-14)10(12)11(15-4)8(2)3/h6-8,10-11H,5,12H2,1-4H3. The Morgan fingerprint density at radius 2 is 2.20 bits per heavy atom. The topological polar surface area (TPSA) is 53.1 Å². The maximum absolute atomic E-state index is 6.19. The molecule has 0 saturated carbocycles. The van der Waals surface area contributed by atoms with E-state index in [-0.39, 0.29) is 12.1 Å². The molecule has 4 heteroatoms. The maximum atomic E-state index is 6.19. The predicted octanol–water partition coefficient (Wildman–Crippen LogP) is 1.57. The SMILES string of the molecule is CCn1nccc1C(N)C(OC)C(C)C. The van der Waals surface area contributed by atoms with Gasteiger partial charge in [0, 0.05) is 19.9 Å². The van der Waals surface area contributed by atoms with Crippen molar-refractivity contribution in [1.82, 2.24) is 9.78 Å². The van der Waals surface area contributed by atoms with Crippen molar-refractivity contribution >= 4 is 0 Å². The first-order chi connectivity index (χ1) is 7.11. The van der Waals surface area contributed by atoms with Gasteiger partial charge in [0.2, 0.25) is 0 Å². The van der Waals surface area contributed by atoms with E-state index in [2.05, 4.69) is 25.9 Å². The van der Waals surface area contributed by atoms with E-state index in [4.69, 9.17) is 10.5 Å². The Morgan fingerprint density at radius 1 is 1.53 bits per heavy atom. The van der Waals surface area contributed by atoms with Crippen LogP contribution in [0.15, 0.2) is 12.3 Å². The van der Waals surface area contributed by atoms with Crippen LogP contribution in [-0.2, 0) is 11.3 Å². The van der Waals surface area contributed by atoms with Crippen LogP contribution in [0.3, 0.4) is 0 Å². The molecule has 0 bridgehead atoms. The van der Waals surface area contributed by atoms with Crippen LogP contribution in [0.5, 0.6) is 0 Å². The third-order valence-corrected chi connectivity index (χ3v) is 2.67. The molecule has 0 saturated heterocycles. The molecule has 0 aromatic carbocycles. The number of aryl methyl sites for hydroxylation is 1. The molecule has 1 rings (SSSR count). The van der Waals surface area contributed by atoms with E-state index in [0.29, 0.717) is 5.92 Å². The summed E-state index contributed by atoms with van der Waals surface area (Å²) in [6.45, 7) is 7.12. The minimum atomic E-state index is -0.113. The van der Waals surface area contributed by atoms with Gasteiger partial charge < -0.3 is 10.5 Å². The van der Waals surface area contributed by atoms with Crippen molar-refractivity contribution in [2.24, 2.45) is 11.7 Å². The van der Waals surface area contributed by atoms with E-state index in [0.717, 1.165) is 12.2 Å². The van der Waals surface area contributed by atoms with Gasteiger partial charge in [-0.25, -0.2) is 0 Å². The van der Waals surface area contributed by atoms with Gasteiger partial charge in [0.25, 0.3) is 0 Å². The second-order valence-electron chi connectivity index (χ2n) is 4.04. The number of nitrogens with zero attached hydrogens (tertiary/aromatic N) is 2. The average molecular weight is 211 g/mol. The lowest BCUT2D eigenvalue weighted by Gasteiger charge is -2.26. The number of ether oxygens (including phenoxy) is 1. The zero-order valence-corrected chi connectivity index (χ0v) is 9.97. The van der Waals surface area contributed by atoms with Crippen LogP contribution in [0.1, 0.15) is 32.5 Å². The molecule has 0 radical (unpaired) electrons. The molecule has 2 atom stereocenters. The third-order valence-electron chi connectivity index (χ3n) is 2.67. The molecular formula is C11H21N3O. The molecule has 1 aromatic rings. The molecule has 1 heterocycles. The molecule has 0 amide bonds. The van der Waals surface area contributed by atoms with Crippen molar-refractivity contribution in [1.29, 1.82) is 0 Å². The van der Waals surface area contributed by atoms with Crippen LogP contribution in [-0.4, -0.2) is 23.0 Å². The summed E-state index contributed by atoms with van der Waals surface area (Å²) in [6.07, 6.45) is 1.82. The van der Waals surface area contributed by atoms with Crippen LogP contribution >= 0.6 is 0 Å². The highest BCUT2D eigenvalue weighted by atomic mass is 16.5. The van der Waals surface area contributed by atoms with Crippen molar-refractivity contribution in [3.8, 4) is 0 Å². The minimum Gasteiger partial charge on any atom is -0.379 e. The molecule has 4 nitrogen and oxygen atoms in total. The Labute approximate surface area is 91.4 Å². The van der Waals surface area contributed by atoms with Gasteiger partial charge in [0.05, 0.1) is 17.8 Å². The molecule has 15 heavy (non-hydrogen) atoms. The first-order valence-corrected chi connectivity index (χ1v) is 5.41. The van der Waals surface area contributed by atoms with Crippen LogP contribution in [0, 0.1) is 5.92 Å². The fourth-order valence-electron chi connectivity index (χ4n) is 1.89. The minimum absolute atomic E-state index is 0.0343. The maximum Gasteiger partial charge on any atom is 0.0801 e. The summed E-state index contributed by atoms with van der Waals surface area (Å²) >= 11 is 0. The lowest BCUT2D eigenvalue weighted by Crippen LogP contribution is -2.34. The summed E-state index contributed by atoms with van der Waals surface area (Å²) in [6, 6.07) is 1.85. The molecular weight excluding hydrogens is 190 g/mol. The Morgan fingerprint density at radius 3 is 2.67 bits per heavy atom. The zero-order valence-electron chi connectivity index (χ0n) is 9.97. The molecule has 0 spiro atoms. The Bertz CT molecular complexity index is 296. The Kier molecular flexibility index (Phi) is 4.29. The van der Waals surface area contributed by atoms with Crippen molar-refractivity contribution in [2.45, 2.75) is 39.5 Å². The summed E-state index contributed by atoms with van der Waals surface area (Å²) in [7, 11) is 1.71. The number of methoxy groups -OCH3 is 1. The largest absolute Gasteiger partial charge is 0.379 e. The highest BCUT2D eigenvalue weighted by Crippen LogP contribution is 2.21. The average Bonchev–Trinajstić information content (AvgIpc) is 2.65. The first kappa shape index (κ1) is 12.2. The molecule has 1 aromatic heterocycles. The number of rotatable bonds is 5. The Hall–Kier alpha value is -0.870. The molecule has 0 fully saturated rings. The lowest BCUT2D eigenvalue weighted by atomic mass is 9.97. The van der Waals surface area contributed by atoms with Crippen molar-refractivity contribution in [2.75, 3.05) is 7.11 Å². The van der Waals surface area contributed by atoms with Crippen LogP contribution < -0.4 is 5.73 Å². The van der Waals surface area contributed by atoms with Gasteiger partial charge in [0.1, 0.15) is 0 Å². The summed E-state index contributed by atoms with van der Waals surface area (Å²) < 4.78 is 7.35. The number of aromatic nitrogens is 2. The van der Waals surface area contributed by atoms with E-state index in [1.54, 1.807) is 13.3 Å². The highest BCUT2D eigenvalue weighted by molar-refractivity contribution is 5.08. The van der Waals surface area contributed by atoms with Gasteiger partial charge in [-0.05, 0) is 18.9 Å². The quantitative estimate of drug-likeness (QED) is 0.804. The van der Waals surface area contributed by atoms with Gasteiger partial charge in [-0.1, -0.05) is 13.8 Å². The van der Waals surface area contributed by atoms with E-state index < -0.39 is 0 Å². The normalized spacial score (nSPS) is 15.6. The van der Waals surface area contributed by atoms with Gasteiger partial charge in [-0.2, -0.15) is 5.10 Å². The molecule has 0 aliphatic rings. The molecule has 86 valence electrons. The van der Waals surface area contributed by atoms with Crippen molar-refractivity contribution in [3.63, 3.8) is 0 Å². The summed E-state index contributed by atoms with van der Waals surface area (Å²) in [5.74, 6) is 0.394. The molecule has 0 aliphatic heterocycles. The number of hydrogen-bond donors (Lipinski definition) is 1. The van der Waals surface area contributed by atoms with Crippen LogP contribution in [0.2, 0.25) is 0 Å². The third kappa shape index (κ3) is 2.58. The smallest absolute Gasteiger partial charge is 0.0801 e. The number of nitrogens with two attached hydrogens (primary N) is 1. The van der Waals surface area contributed by atoms with Crippen molar-refractivity contribution in [3.05, 3.63) is 18.0 Å². The zero-order chi connectivity index (χ0) is 11.4. The summed E-state index contributed by atoms with van der Waals surface area (Å²) in [5, 5.41) is 4.21. The fourth-order valence-corrected chi connectivity index (χ4v) is 1.89. The first-order valence-electron chi connectivity index (χ1n) is 5.41. The monoisotopic (exact) mass is 211 g/mol. The van der Waals surface area contributed by atoms with E-state index in [1.165, 1.54) is 0 Å². The van der Waals surface area contributed by atoms with Gasteiger partial charge in [-0.15, -0.1) is 0 Å². The number of hydrogen-bond acceptors (Lipinski definition) is 3. The van der Waals surface area contributed by atoms with E-state index in [1.807, 2.05) is 10.7 Å². The second-order valence-corrected chi connectivity index (χ2v) is 4.04. The van der Waals surface area contributed by atoms with Gasteiger partial charge in [0.15, 0.2) is 0 Å². The lowest BCUT2D eigenvalue weighted by molar-refractivity contribution is 0.0415. The Balaban J connectivity index is 2.87. The molecule has 2 N–H and O–H groups in total. The predicted molar refractivity (Wildman–Crippen MR) is 60.5 cm³/mol. The fraction of sp³-hybridized carbons (Fsp3) is 0.727.